The molecule has 2 heteroatoms. The van der Waals surface area contributed by atoms with Crippen LogP contribution in [0.5, 0.6) is 0 Å². The summed E-state index contributed by atoms with van der Waals surface area (Å²) >= 11 is 0. The third kappa shape index (κ3) is 8.89. The van der Waals surface area contributed by atoms with E-state index < -0.39 is 0 Å². The highest BCUT2D eigenvalue weighted by Gasteiger charge is 2.16. The predicted molar refractivity (Wildman–Crippen MR) is 105 cm³/mol. The average molecular weight is 336 g/mol. The van der Waals surface area contributed by atoms with Crippen molar-refractivity contribution < 1.29 is 4.57 Å². The third-order valence-corrected chi connectivity index (χ3v) is 5.10. The lowest BCUT2D eigenvalue weighted by Gasteiger charge is -2.06. The number of hydrogen-bond donors (Lipinski definition) is 0. The van der Waals surface area contributed by atoms with Gasteiger partial charge >= 0.3 is 0 Å². The van der Waals surface area contributed by atoms with Crippen molar-refractivity contribution in [3.63, 3.8) is 0 Å². The zero-order valence-corrected chi connectivity index (χ0v) is 16.9. The minimum Gasteiger partial charge on any atom is -0.234 e. The van der Waals surface area contributed by atoms with Gasteiger partial charge < -0.3 is 0 Å². The zero-order valence-electron chi connectivity index (χ0n) is 16.9. The fourth-order valence-electron chi connectivity index (χ4n) is 3.50. The molecular formula is C22H43N2+. The van der Waals surface area contributed by atoms with Crippen molar-refractivity contribution >= 4 is 0 Å². The SMILES string of the molecule is CCCCCCCc1n(CCCCCC)cc[n+]1CCCCCC. The molecule has 0 N–H and O–H groups in total. The smallest absolute Gasteiger partial charge is 0.234 e. The van der Waals surface area contributed by atoms with Crippen LogP contribution in [0.3, 0.4) is 0 Å². The average Bonchev–Trinajstić information content (AvgIpc) is 2.97. The van der Waals surface area contributed by atoms with Crippen molar-refractivity contribution in [2.45, 2.75) is 124 Å². The Labute approximate surface area is 151 Å². The third-order valence-electron chi connectivity index (χ3n) is 5.10. The standard InChI is InChI=1S/C22H43N2/c1-4-7-10-13-14-17-22-23(18-15-11-8-5-2)20-21-24(22)19-16-12-9-6-3/h20-21H,4-19H2,1-3H3/q+1. The second kappa shape index (κ2) is 14.5. The van der Waals surface area contributed by atoms with Gasteiger partial charge in [0.25, 0.3) is 5.82 Å². The highest BCUT2D eigenvalue weighted by Crippen LogP contribution is 2.10. The Hall–Kier alpha value is -0.790. The molecule has 1 heterocycles. The van der Waals surface area contributed by atoms with Gasteiger partial charge in [-0.05, 0) is 32.1 Å². The first-order chi connectivity index (χ1) is 11.8. The van der Waals surface area contributed by atoms with Gasteiger partial charge in [-0.1, -0.05) is 72.1 Å². The van der Waals surface area contributed by atoms with Crippen LogP contribution in [0.4, 0.5) is 0 Å². The first kappa shape index (κ1) is 21.3. The lowest BCUT2D eigenvalue weighted by atomic mass is 10.1. The quantitative estimate of drug-likeness (QED) is 0.242. The van der Waals surface area contributed by atoms with E-state index in [-0.39, 0.29) is 0 Å². The van der Waals surface area contributed by atoms with Crippen LogP contribution in [-0.4, -0.2) is 4.57 Å². The summed E-state index contributed by atoms with van der Waals surface area (Å²) in [4.78, 5) is 0. The van der Waals surface area contributed by atoms with Gasteiger partial charge in [0.2, 0.25) is 0 Å². The van der Waals surface area contributed by atoms with Crippen LogP contribution in [-0.2, 0) is 19.5 Å². The Morgan fingerprint density at radius 3 is 1.96 bits per heavy atom. The number of aryl methyl sites for hydroxylation is 2. The molecule has 0 amide bonds. The van der Waals surface area contributed by atoms with E-state index in [0.717, 1.165) is 0 Å². The van der Waals surface area contributed by atoms with Gasteiger partial charge in [0.05, 0.1) is 13.1 Å². The molecule has 1 aromatic heterocycles. The minimum atomic E-state index is 1.21. The molecule has 0 bridgehead atoms. The molecule has 24 heavy (non-hydrogen) atoms. The summed E-state index contributed by atoms with van der Waals surface area (Å²) in [5.41, 5.74) is 0. The van der Waals surface area contributed by atoms with Gasteiger partial charge in [-0.2, -0.15) is 0 Å². The van der Waals surface area contributed by atoms with Gasteiger partial charge in [0.15, 0.2) is 0 Å². The largest absolute Gasteiger partial charge is 0.256 e. The summed E-state index contributed by atoms with van der Waals surface area (Å²) in [5, 5.41) is 0. The number of aromatic nitrogens is 2. The van der Waals surface area contributed by atoms with Crippen molar-refractivity contribution in [2.75, 3.05) is 0 Å². The highest BCUT2D eigenvalue weighted by molar-refractivity contribution is 4.84. The molecule has 0 atom stereocenters. The van der Waals surface area contributed by atoms with E-state index >= 15 is 0 Å². The van der Waals surface area contributed by atoms with Gasteiger partial charge in [-0.3, -0.25) is 0 Å². The molecule has 0 saturated carbocycles. The van der Waals surface area contributed by atoms with Crippen molar-refractivity contribution in [3.8, 4) is 0 Å². The van der Waals surface area contributed by atoms with Gasteiger partial charge in [-0.15, -0.1) is 0 Å². The second-order valence-corrected chi connectivity index (χ2v) is 7.39. The number of nitrogens with zero attached hydrogens (tertiary/aromatic N) is 2. The fraction of sp³-hybridized carbons (Fsp3) is 0.864. The summed E-state index contributed by atoms with van der Waals surface area (Å²) in [5.74, 6) is 1.58. The van der Waals surface area contributed by atoms with Crippen LogP contribution in [0.1, 0.15) is 110 Å². The predicted octanol–water partition coefficient (Wildman–Crippen LogP) is 6.45. The number of rotatable bonds is 16. The van der Waals surface area contributed by atoms with Gasteiger partial charge in [0, 0.05) is 6.42 Å². The van der Waals surface area contributed by atoms with Crippen molar-refractivity contribution in [1.29, 1.82) is 0 Å². The van der Waals surface area contributed by atoms with Crippen molar-refractivity contribution in [2.24, 2.45) is 0 Å². The molecule has 0 radical (unpaired) electrons. The number of hydrogen-bond acceptors (Lipinski definition) is 0. The molecule has 1 rings (SSSR count). The van der Waals surface area contributed by atoms with Crippen LogP contribution in [0.15, 0.2) is 12.4 Å². The second-order valence-electron chi connectivity index (χ2n) is 7.39. The van der Waals surface area contributed by atoms with E-state index in [1.807, 2.05) is 0 Å². The maximum Gasteiger partial charge on any atom is 0.256 e. The first-order valence-corrected chi connectivity index (χ1v) is 10.9. The first-order valence-electron chi connectivity index (χ1n) is 10.9. The van der Waals surface area contributed by atoms with Crippen LogP contribution >= 0.6 is 0 Å². The summed E-state index contributed by atoms with van der Waals surface area (Å²) in [7, 11) is 0. The molecule has 0 aliphatic carbocycles. The molecule has 0 fully saturated rings. The van der Waals surface area contributed by atoms with Crippen LogP contribution < -0.4 is 4.57 Å². The molecule has 140 valence electrons. The number of imidazole rings is 1. The van der Waals surface area contributed by atoms with Crippen LogP contribution in [0.2, 0.25) is 0 Å². The molecule has 2 nitrogen and oxygen atoms in total. The Morgan fingerprint density at radius 2 is 1.29 bits per heavy atom. The van der Waals surface area contributed by atoms with E-state index in [1.165, 1.54) is 103 Å². The Bertz CT molecular complexity index is 365. The van der Waals surface area contributed by atoms with E-state index in [2.05, 4.69) is 42.3 Å². The zero-order chi connectivity index (χ0) is 17.5. The number of unbranched alkanes of at least 4 members (excludes halogenated alkanes) is 10. The van der Waals surface area contributed by atoms with Gasteiger partial charge in [0.1, 0.15) is 12.4 Å². The molecule has 0 unspecified atom stereocenters. The molecular weight excluding hydrogens is 292 g/mol. The van der Waals surface area contributed by atoms with Gasteiger partial charge in [-0.25, -0.2) is 9.13 Å². The van der Waals surface area contributed by atoms with Crippen LogP contribution in [0.25, 0.3) is 0 Å². The Kier molecular flexibility index (Phi) is 12.9. The molecule has 0 saturated heterocycles. The molecule has 1 aromatic rings. The van der Waals surface area contributed by atoms with E-state index in [0.29, 0.717) is 0 Å². The summed E-state index contributed by atoms with van der Waals surface area (Å²) < 4.78 is 5.10. The lowest BCUT2D eigenvalue weighted by molar-refractivity contribution is -0.704. The van der Waals surface area contributed by atoms with E-state index in [9.17, 15) is 0 Å². The maximum absolute atomic E-state index is 2.55. The normalized spacial score (nSPS) is 11.3. The van der Waals surface area contributed by atoms with Crippen molar-refractivity contribution in [1.82, 2.24) is 4.57 Å². The maximum atomic E-state index is 2.55. The molecule has 0 aliphatic rings. The van der Waals surface area contributed by atoms with E-state index in [1.54, 1.807) is 5.82 Å². The molecule has 0 aliphatic heterocycles. The highest BCUT2D eigenvalue weighted by atomic mass is 15.1. The van der Waals surface area contributed by atoms with Crippen LogP contribution in [0, 0.1) is 0 Å². The Morgan fingerprint density at radius 1 is 0.708 bits per heavy atom. The van der Waals surface area contributed by atoms with Crippen molar-refractivity contribution in [3.05, 3.63) is 18.2 Å². The fourth-order valence-corrected chi connectivity index (χ4v) is 3.50. The monoisotopic (exact) mass is 335 g/mol. The topological polar surface area (TPSA) is 8.81 Å². The molecule has 0 aromatic carbocycles. The summed E-state index contributed by atoms with van der Waals surface area (Å²) in [6, 6.07) is 0. The summed E-state index contributed by atoms with van der Waals surface area (Å²) in [6.45, 7) is 9.31. The molecule has 0 spiro atoms. The van der Waals surface area contributed by atoms with E-state index in [4.69, 9.17) is 0 Å². The lowest BCUT2D eigenvalue weighted by Crippen LogP contribution is -2.37. The Balaban J connectivity index is 2.51. The minimum absolute atomic E-state index is 1.21. The summed E-state index contributed by atoms with van der Waals surface area (Å²) in [6.07, 6.45) is 23.7.